The highest BCUT2D eigenvalue weighted by molar-refractivity contribution is 5.86. The molecule has 0 radical (unpaired) electrons. The second kappa shape index (κ2) is 5.01. The third-order valence-electron chi connectivity index (χ3n) is 6.72. The second-order valence-electron chi connectivity index (χ2n) is 7.78. The molecule has 1 N–H and O–H groups in total. The molecule has 3 heteroatoms. The number of rotatable bonds is 2. The fourth-order valence-corrected chi connectivity index (χ4v) is 5.80. The van der Waals surface area contributed by atoms with Crippen LogP contribution in [0.25, 0.3) is 10.9 Å². The van der Waals surface area contributed by atoms with E-state index in [1.54, 1.807) is 18.4 Å². The summed E-state index contributed by atoms with van der Waals surface area (Å²) in [5, 5.41) is 1.39. The predicted octanol–water partition coefficient (Wildman–Crippen LogP) is 3.94. The summed E-state index contributed by atoms with van der Waals surface area (Å²) in [6, 6.07) is 7.26. The molecule has 23 heavy (non-hydrogen) atoms. The Morgan fingerprint density at radius 2 is 2.22 bits per heavy atom. The minimum absolute atomic E-state index is 0.711. The zero-order valence-electron chi connectivity index (χ0n) is 14.1. The van der Waals surface area contributed by atoms with Gasteiger partial charge in [0.1, 0.15) is 5.75 Å². The Bertz CT molecular complexity index is 749. The molecule has 1 unspecified atom stereocenters. The Hall–Kier alpha value is -1.48. The maximum Gasteiger partial charge on any atom is 0.119 e. The van der Waals surface area contributed by atoms with Crippen molar-refractivity contribution in [1.29, 1.82) is 0 Å². The van der Waals surface area contributed by atoms with Crippen LogP contribution < -0.4 is 4.74 Å². The first-order valence-electron chi connectivity index (χ1n) is 9.21. The average Bonchev–Trinajstić information content (AvgIpc) is 2.92. The highest BCUT2D eigenvalue weighted by Gasteiger charge is 2.48. The molecular formula is C20H26N2O. The molecule has 1 aromatic carbocycles. The molecule has 2 saturated heterocycles. The van der Waals surface area contributed by atoms with E-state index in [9.17, 15) is 0 Å². The van der Waals surface area contributed by atoms with Gasteiger partial charge < -0.3 is 9.72 Å². The number of H-pyrrole nitrogens is 1. The van der Waals surface area contributed by atoms with Crippen molar-refractivity contribution in [2.75, 3.05) is 20.2 Å². The number of nitrogens with one attached hydrogen (secondary N) is 1. The van der Waals surface area contributed by atoms with Gasteiger partial charge in [-0.1, -0.05) is 13.3 Å². The summed E-state index contributed by atoms with van der Waals surface area (Å²) in [5.41, 5.74) is 4.40. The van der Waals surface area contributed by atoms with Gasteiger partial charge >= 0.3 is 0 Å². The van der Waals surface area contributed by atoms with E-state index in [0.29, 0.717) is 5.92 Å². The first-order valence-corrected chi connectivity index (χ1v) is 9.21. The standard InChI is InChI=1S/C20H26N2O/c1-3-13-8-12-9-17-19-15(6-7-22(11-12)20(13)17)16-10-14(23-2)4-5-18(16)21-19/h4-5,10,12-13,17,20-21H,3,6-9,11H2,1-2H3/t12-,13-,17+,20+/m1/s1. The number of aromatic amines is 1. The van der Waals surface area contributed by atoms with E-state index in [4.69, 9.17) is 4.74 Å². The van der Waals surface area contributed by atoms with E-state index in [2.05, 4.69) is 35.0 Å². The largest absolute Gasteiger partial charge is 0.497 e. The quantitative estimate of drug-likeness (QED) is 0.910. The highest BCUT2D eigenvalue weighted by Crippen LogP contribution is 2.51. The van der Waals surface area contributed by atoms with Crippen LogP contribution in [-0.4, -0.2) is 36.1 Å². The van der Waals surface area contributed by atoms with Crippen molar-refractivity contribution >= 4 is 10.9 Å². The monoisotopic (exact) mass is 310 g/mol. The van der Waals surface area contributed by atoms with Gasteiger partial charge in [-0.15, -0.1) is 0 Å². The lowest BCUT2D eigenvalue weighted by Gasteiger charge is -2.53. The van der Waals surface area contributed by atoms with E-state index in [1.165, 1.54) is 49.7 Å². The Morgan fingerprint density at radius 3 is 3.04 bits per heavy atom. The van der Waals surface area contributed by atoms with Gasteiger partial charge in [0.05, 0.1) is 7.11 Å². The average molecular weight is 310 g/mol. The topological polar surface area (TPSA) is 28.3 Å². The SMILES string of the molecule is CC[C@@H]1C[C@@H]2C[C@H]3c4[nH]c5ccc(OC)cc5c4CCN(C2)[C@@H]13. The van der Waals surface area contributed by atoms with E-state index < -0.39 is 0 Å². The zero-order chi connectivity index (χ0) is 15.6. The van der Waals surface area contributed by atoms with Crippen molar-refractivity contribution in [2.45, 2.75) is 44.6 Å². The van der Waals surface area contributed by atoms with Crippen molar-refractivity contribution in [3.63, 3.8) is 0 Å². The van der Waals surface area contributed by atoms with Crippen LogP contribution >= 0.6 is 0 Å². The van der Waals surface area contributed by atoms with Gasteiger partial charge in [-0.05, 0) is 54.9 Å². The Morgan fingerprint density at radius 1 is 1.30 bits per heavy atom. The minimum atomic E-state index is 0.711. The normalized spacial score (nSPS) is 35.1. The van der Waals surface area contributed by atoms with Crippen LogP contribution in [0.1, 0.15) is 43.4 Å². The Labute approximate surface area is 138 Å². The van der Waals surface area contributed by atoms with Crippen molar-refractivity contribution in [1.82, 2.24) is 9.88 Å². The molecule has 4 heterocycles. The van der Waals surface area contributed by atoms with Crippen LogP contribution in [0.4, 0.5) is 0 Å². The summed E-state index contributed by atoms with van der Waals surface area (Å²) < 4.78 is 5.46. The third-order valence-corrected chi connectivity index (χ3v) is 6.72. The molecular weight excluding hydrogens is 284 g/mol. The molecule has 0 spiro atoms. The molecule has 3 fully saturated rings. The molecule has 1 aromatic heterocycles. The number of nitrogens with zero attached hydrogens (tertiary/aromatic N) is 1. The number of hydrogen-bond donors (Lipinski definition) is 1. The van der Waals surface area contributed by atoms with E-state index >= 15 is 0 Å². The summed E-state index contributed by atoms with van der Waals surface area (Å²) in [6.45, 7) is 4.95. The molecule has 2 aromatic rings. The summed E-state index contributed by atoms with van der Waals surface area (Å²) >= 11 is 0. The molecule has 5 atom stereocenters. The summed E-state index contributed by atoms with van der Waals surface area (Å²) in [4.78, 5) is 6.63. The highest BCUT2D eigenvalue weighted by atomic mass is 16.5. The van der Waals surface area contributed by atoms with Crippen LogP contribution in [0.5, 0.6) is 5.75 Å². The summed E-state index contributed by atoms with van der Waals surface area (Å²) in [5.74, 6) is 3.48. The van der Waals surface area contributed by atoms with Crippen molar-refractivity contribution < 1.29 is 4.74 Å². The number of piperidine rings is 2. The van der Waals surface area contributed by atoms with Gasteiger partial charge in [0.15, 0.2) is 0 Å². The van der Waals surface area contributed by atoms with Crippen LogP contribution in [0.3, 0.4) is 0 Å². The summed E-state index contributed by atoms with van der Waals surface area (Å²) in [6.07, 6.45) is 5.35. The van der Waals surface area contributed by atoms with Crippen LogP contribution in [0.2, 0.25) is 0 Å². The van der Waals surface area contributed by atoms with E-state index in [1.807, 2.05) is 0 Å². The number of benzene rings is 1. The first-order chi connectivity index (χ1) is 11.3. The van der Waals surface area contributed by atoms with Gasteiger partial charge in [0.2, 0.25) is 0 Å². The molecule has 0 amide bonds. The molecule has 3 nitrogen and oxygen atoms in total. The van der Waals surface area contributed by atoms with Crippen LogP contribution in [0.15, 0.2) is 18.2 Å². The van der Waals surface area contributed by atoms with Gasteiger partial charge in [-0.3, -0.25) is 4.90 Å². The fraction of sp³-hybridized carbons (Fsp3) is 0.600. The third kappa shape index (κ3) is 1.92. The maximum absolute atomic E-state index is 5.46. The minimum Gasteiger partial charge on any atom is -0.497 e. The van der Waals surface area contributed by atoms with Gasteiger partial charge in [0.25, 0.3) is 0 Å². The van der Waals surface area contributed by atoms with Crippen molar-refractivity contribution in [3.05, 3.63) is 29.5 Å². The maximum atomic E-state index is 5.46. The van der Waals surface area contributed by atoms with Crippen LogP contribution in [0, 0.1) is 11.8 Å². The molecule has 4 bridgehead atoms. The first kappa shape index (κ1) is 13.9. The molecule has 122 valence electrons. The number of ether oxygens (including phenoxy) is 1. The molecule has 6 rings (SSSR count). The second-order valence-corrected chi connectivity index (χ2v) is 7.78. The van der Waals surface area contributed by atoms with Crippen molar-refractivity contribution in [3.8, 4) is 5.75 Å². The van der Waals surface area contributed by atoms with Crippen molar-refractivity contribution in [2.24, 2.45) is 11.8 Å². The molecule has 1 saturated carbocycles. The van der Waals surface area contributed by atoms with Gasteiger partial charge in [0, 0.05) is 41.6 Å². The number of aromatic nitrogens is 1. The smallest absolute Gasteiger partial charge is 0.119 e. The number of fused-ring (bicyclic) bond motifs is 4. The summed E-state index contributed by atoms with van der Waals surface area (Å²) in [7, 11) is 1.76. The van der Waals surface area contributed by atoms with Gasteiger partial charge in [-0.25, -0.2) is 0 Å². The molecule has 4 aliphatic rings. The van der Waals surface area contributed by atoms with E-state index in [-0.39, 0.29) is 0 Å². The van der Waals surface area contributed by atoms with E-state index in [0.717, 1.165) is 23.6 Å². The Balaban J connectivity index is 1.66. The zero-order valence-corrected chi connectivity index (χ0v) is 14.1. The molecule has 1 aliphatic carbocycles. The number of hydrogen-bond acceptors (Lipinski definition) is 2. The molecule has 3 aliphatic heterocycles. The Kier molecular flexibility index (Phi) is 3.03. The van der Waals surface area contributed by atoms with Crippen LogP contribution in [-0.2, 0) is 6.42 Å². The lowest BCUT2D eigenvalue weighted by atomic mass is 9.65. The lowest BCUT2D eigenvalue weighted by Crippen LogP contribution is -2.56. The fourth-order valence-electron chi connectivity index (χ4n) is 5.80. The lowest BCUT2D eigenvalue weighted by molar-refractivity contribution is -0.0134. The predicted molar refractivity (Wildman–Crippen MR) is 93.2 cm³/mol. The number of methoxy groups -OCH3 is 1. The van der Waals surface area contributed by atoms with Gasteiger partial charge in [-0.2, -0.15) is 0 Å².